The highest BCUT2D eigenvalue weighted by atomic mass is 16.1. The van der Waals surface area contributed by atoms with E-state index in [9.17, 15) is 4.79 Å². The van der Waals surface area contributed by atoms with Crippen LogP contribution in [-0.4, -0.2) is 62.9 Å². The molecule has 4 rings (SSSR count). The van der Waals surface area contributed by atoms with Gasteiger partial charge in [0.05, 0.1) is 5.56 Å². The Morgan fingerprint density at radius 3 is 2.68 bits per heavy atom. The monoisotopic (exact) mass is 337 g/mol. The Morgan fingerprint density at radius 2 is 1.92 bits per heavy atom. The number of hydrogen-bond acceptors (Lipinski definition) is 6. The minimum atomic E-state index is -0.156. The second-order valence-corrected chi connectivity index (χ2v) is 6.09. The summed E-state index contributed by atoms with van der Waals surface area (Å²) in [5.74, 6) is 1.37. The van der Waals surface area contributed by atoms with E-state index >= 15 is 0 Å². The maximum Gasteiger partial charge on any atom is 0.280 e. The lowest BCUT2D eigenvalue weighted by molar-refractivity contribution is 0.312. The Balaban J connectivity index is 1.66. The Labute approximate surface area is 144 Å². The van der Waals surface area contributed by atoms with E-state index in [1.54, 1.807) is 18.6 Å². The van der Waals surface area contributed by atoms with Crippen LogP contribution in [0.5, 0.6) is 0 Å². The molecule has 0 aliphatic carbocycles. The molecule has 0 radical (unpaired) electrons. The van der Waals surface area contributed by atoms with E-state index < -0.39 is 0 Å². The number of rotatable bonds is 3. The van der Waals surface area contributed by atoms with E-state index in [0.717, 1.165) is 37.6 Å². The number of pyridine rings is 1. The number of H-pyrrole nitrogens is 1. The number of likely N-dealkylation sites (N-methyl/N-ethyl adjacent to an activating group) is 1. The van der Waals surface area contributed by atoms with Gasteiger partial charge in [0, 0.05) is 56.4 Å². The molecule has 0 aromatic carbocycles. The molecule has 0 atom stereocenters. The highest BCUT2D eigenvalue weighted by Gasteiger charge is 2.17. The molecule has 0 spiro atoms. The smallest absolute Gasteiger partial charge is 0.280 e. The predicted molar refractivity (Wildman–Crippen MR) is 94.9 cm³/mol. The molecule has 3 aromatic rings. The lowest BCUT2D eigenvalue weighted by Crippen LogP contribution is -2.44. The quantitative estimate of drug-likeness (QED) is 0.760. The van der Waals surface area contributed by atoms with Gasteiger partial charge in [0.1, 0.15) is 12.1 Å². The number of aromatic nitrogens is 5. The van der Waals surface area contributed by atoms with Gasteiger partial charge in [-0.2, -0.15) is 0 Å². The van der Waals surface area contributed by atoms with Gasteiger partial charge in [-0.3, -0.25) is 14.9 Å². The van der Waals surface area contributed by atoms with Gasteiger partial charge in [-0.05, 0) is 13.1 Å². The minimum absolute atomic E-state index is 0.156. The van der Waals surface area contributed by atoms with Crippen molar-refractivity contribution in [2.45, 2.75) is 0 Å². The van der Waals surface area contributed by atoms with Crippen molar-refractivity contribution in [3.05, 3.63) is 53.5 Å². The molecule has 1 saturated heterocycles. The maximum absolute atomic E-state index is 12.7. The lowest BCUT2D eigenvalue weighted by atomic mass is 10.2. The van der Waals surface area contributed by atoms with E-state index in [4.69, 9.17) is 0 Å². The first-order valence-electron chi connectivity index (χ1n) is 8.19. The Morgan fingerprint density at radius 1 is 1.12 bits per heavy atom. The molecule has 3 aromatic heterocycles. The van der Waals surface area contributed by atoms with Gasteiger partial charge in [0.25, 0.3) is 5.56 Å². The van der Waals surface area contributed by atoms with Gasteiger partial charge in [0.15, 0.2) is 5.82 Å². The lowest BCUT2D eigenvalue weighted by Gasteiger charge is -2.33. The predicted octanol–water partition coefficient (Wildman–Crippen LogP) is 0.769. The third-order valence-electron chi connectivity index (χ3n) is 4.44. The second kappa shape index (κ2) is 6.48. The van der Waals surface area contributed by atoms with Gasteiger partial charge < -0.3 is 9.80 Å². The fourth-order valence-electron chi connectivity index (χ4n) is 2.94. The number of nitrogens with one attached hydrogen (secondary N) is 1. The zero-order valence-electron chi connectivity index (χ0n) is 14.0. The summed E-state index contributed by atoms with van der Waals surface area (Å²) in [5, 5.41) is 2.99. The first kappa shape index (κ1) is 15.5. The van der Waals surface area contributed by atoms with Gasteiger partial charge in [-0.1, -0.05) is 6.07 Å². The molecular weight excluding hydrogens is 318 g/mol. The normalized spacial score (nSPS) is 15.5. The summed E-state index contributed by atoms with van der Waals surface area (Å²) in [6.07, 6.45) is 6.53. The molecule has 0 amide bonds. The van der Waals surface area contributed by atoms with Crippen LogP contribution in [0.25, 0.3) is 16.9 Å². The van der Waals surface area contributed by atoms with E-state index in [0.29, 0.717) is 11.4 Å². The summed E-state index contributed by atoms with van der Waals surface area (Å²) in [6.45, 7) is 3.81. The average molecular weight is 337 g/mol. The topological polar surface area (TPSA) is 82.9 Å². The summed E-state index contributed by atoms with van der Waals surface area (Å²) in [6, 6.07) is 5.51. The molecule has 1 aliphatic heterocycles. The zero-order chi connectivity index (χ0) is 17.2. The fourth-order valence-corrected chi connectivity index (χ4v) is 2.94. The molecule has 0 saturated carbocycles. The molecule has 8 heteroatoms. The van der Waals surface area contributed by atoms with Crippen LogP contribution in [0.4, 0.5) is 5.82 Å². The van der Waals surface area contributed by atoms with Crippen molar-refractivity contribution in [1.29, 1.82) is 0 Å². The molecule has 1 fully saturated rings. The SMILES string of the molecule is CN1CCN(c2cc(-n3[nH]cc(-c4cccnc4)c3=O)ncn2)CC1. The van der Waals surface area contributed by atoms with Crippen LogP contribution in [0.15, 0.2) is 47.9 Å². The van der Waals surface area contributed by atoms with Crippen LogP contribution in [0, 0.1) is 0 Å². The maximum atomic E-state index is 12.7. The van der Waals surface area contributed by atoms with Crippen LogP contribution in [-0.2, 0) is 0 Å². The third-order valence-corrected chi connectivity index (χ3v) is 4.44. The van der Waals surface area contributed by atoms with Crippen molar-refractivity contribution in [2.75, 3.05) is 38.1 Å². The van der Waals surface area contributed by atoms with Crippen LogP contribution in [0.3, 0.4) is 0 Å². The fraction of sp³-hybridized carbons (Fsp3) is 0.294. The van der Waals surface area contributed by atoms with Crippen LogP contribution in [0.2, 0.25) is 0 Å². The van der Waals surface area contributed by atoms with E-state index in [1.807, 2.05) is 18.2 Å². The molecule has 4 heterocycles. The second-order valence-electron chi connectivity index (χ2n) is 6.09. The minimum Gasteiger partial charge on any atom is -0.354 e. The van der Waals surface area contributed by atoms with Crippen LogP contribution >= 0.6 is 0 Å². The van der Waals surface area contributed by atoms with Crippen molar-refractivity contribution in [3.63, 3.8) is 0 Å². The van der Waals surface area contributed by atoms with Crippen LogP contribution < -0.4 is 10.5 Å². The van der Waals surface area contributed by atoms with Gasteiger partial charge in [-0.15, -0.1) is 0 Å². The highest BCUT2D eigenvalue weighted by Crippen LogP contribution is 2.17. The van der Waals surface area contributed by atoms with Crippen molar-refractivity contribution in [1.82, 2.24) is 29.6 Å². The van der Waals surface area contributed by atoms with E-state index in [2.05, 4.69) is 36.9 Å². The van der Waals surface area contributed by atoms with E-state index in [1.165, 1.54) is 11.0 Å². The Bertz CT molecular complexity index is 910. The Hall–Kier alpha value is -3.00. The third kappa shape index (κ3) is 3.03. The molecule has 1 aliphatic rings. The van der Waals surface area contributed by atoms with Gasteiger partial charge >= 0.3 is 0 Å². The molecular formula is C17H19N7O. The molecule has 0 bridgehead atoms. The number of anilines is 1. The number of nitrogens with zero attached hydrogens (tertiary/aromatic N) is 6. The summed E-state index contributed by atoms with van der Waals surface area (Å²) >= 11 is 0. The molecule has 25 heavy (non-hydrogen) atoms. The standard InChI is InChI=1S/C17H19N7O/c1-22-5-7-23(8-6-22)15-9-16(20-12-19-15)24-17(25)14(11-21-24)13-3-2-4-18-10-13/h2-4,9-12,21H,5-8H2,1H3. The molecule has 128 valence electrons. The first-order valence-corrected chi connectivity index (χ1v) is 8.19. The number of hydrogen-bond donors (Lipinski definition) is 1. The summed E-state index contributed by atoms with van der Waals surface area (Å²) in [4.78, 5) is 29.9. The van der Waals surface area contributed by atoms with Gasteiger partial charge in [0.2, 0.25) is 0 Å². The van der Waals surface area contributed by atoms with Crippen LogP contribution in [0.1, 0.15) is 0 Å². The zero-order valence-corrected chi connectivity index (χ0v) is 14.0. The number of piperazine rings is 1. The van der Waals surface area contributed by atoms with Gasteiger partial charge in [-0.25, -0.2) is 14.6 Å². The average Bonchev–Trinajstić information content (AvgIpc) is 3.05. The molecule has 0 unspecified atom stereocenters. The molecule has 1 N–H and O–H groups in total. The van der Waals surface area contributed by atoms with Crippen molar-refractivity contribution >= 4 is 5.82 Å². The highest BCUT2D eigenvalue weighted by molar-refractivity contribution is 5.60. The number of aromatic amines is 1. The van der Waals surface area contributed by atoms with Crippen molar-refractivity contribution in [2.24, 2.45) is 0 Å². The summed E-state index contributed by atoms with van der Waals surface area (Å²) < 4.78 is 1.43. The van der Waals surface area contributed by atoms with E-state index in [-0.39, 0.29) is 5.56 Å². The largest absolute Gasteiger partial charge is 0.354 e. The summed E-state index contributed by atoms with van der Waals surface area (Å²) in [7, 11) is 2.11. The Kier molecular flexibility index (Phi) is 4.02. The van der Waals surface area contributed by atoms with Crippen molar-refractivity contribution < 1.29 is 0 Å². The van der Waals surface area contributed by atoms with Crippen molar-refractivity contribution in [3.8, 4) is 16.9 Å². The summed E-state index contributed by atoms with van der Waals surface area (Å²) in [5.41, 5.74) is 1.18. The first-order chi connectivity index (χ1) is 12.2. The molecule has 8 nitrogen and oxygen atoms in total.